The van der Waals surface area contributed by atoms with Crippen LogP contribution in [0.15, 0.2) is 60.8 Å². The Bertz CT molecular complexity index is 973. The molecule has 0 saturated heterocycles. The Labute approximate surface area is 170 Å². The molecular weight excluding hydrogens is 368 g/mol. The number of rotatable bonds is 6. The van der Waals surface area contributed by atoms with E-state index in [0.29, 0.717) is 6.42 Å². The van der Waals surface area contributed by atoms with Crippen molar-refractivity contribution in [1.29, 1.82) is 0 Å². The average molecular weight is 394 g/mol. The van der Waals surface area contributed by atoms with Crippen molar-refractivity contribution in [3.05, 3.63) is 71.9 Å². The molecule has 0 unspecified atom stereocenters. The lowest BCUT2D eigenvalue weighted by Gasteiger charge is -2.24. The highest BCUT2D eigenvalue weighted by atomic mass is 16.6. The molecule has 3 aromatic rings. The van der Waals surface area contributed by atoms with Crippen molar-refractivity contribution in [2.45, 2.75) is 45.4 Å². The monoisotopic (exact) mass is 394 g/mol. The number of amides is 1. The number of para-hydroxylation sites is 1. The summed E-state index contributed by atoms with van der Waals surface area (Å²) in [6.45, 7) is 5.50. The largest absolute Gasteiger partial charge is 0.458 e. The molecule has 6 heteroatoms. The van der Waals surface area contributed by atoms with Crippen LogP contribution in [0.4, 0.5) is 4.79 Å². The zero-order valence-electron chi connectivity index (χ0n) is 16.9. The second-order valence-electron chi connectivity index (χ2n) is 7.86. The third kappa shape index (κ3) is 5.85. The van der Waals surface area contributed by atoms with Gasteiger partial charge in [0.15, 0.2) is 0 Å². The summed E-state index contributed by atoms with van der Waals surface area (Å²) in [7, 11) is 0. The van der Waals surface area contributed by atoms with Crippen LogP contribution < -0.4 is 5.32 Å². The number of hydrogen-bond acceptors (Lipinski definition) is 4. The molecule has 3 rings (SSSR count). The van der Waals surface area contributed by atoms with Gasteiger partial charge in [-0.15, -0.1) is 0 Å². The Morgan fingerprint density at radius 2 is 1.72 bits per heavy atom. The van der Waals surface area contributed by atoms with Gasteiger partial charge in [0.2, 0.25) is 0 Å². The van der Waals surface area contributed by atoms with Crippen LogP contribution in [0.5, 0.6) is 0 Å². The summed E-state index contributed by atoms with van der Waals surface area (Å²) in [5, 5.41) is 3.66. The minimum absolute atomic E-state index is 0.126. The molecule has 0 fully saturated rings. The molecule has 0 aliphatic heterocycles. The van der Waals surface area contributed by atoms with Gasteiger partial charge in [-0.3, -0.25) is 0 Å². The van der Waals surface area contributed by atoms with Crippen LogP contribution >= 0.6 is 0 Å². The number of alkyl carbamates (subject to hydrolysis) is 1. The quantitative estimate of drug-likeness (QED) is 0.609. The first-order valence-corrected chi connectivity index (χ1v) is 9.57. The van der Waals surface area contributed by atoms with Gasteiger partial charge in [0, 0.05) is 23.5 Å². The zero-order valence-corrected chi connectivity index (χ0v) is 16.9. The van der Waals surface area contributed by atoms with E-state index in [-0.39, 0.29) is 6.61 Å². The van der Waals surface area contributed by atoms with Gasteiger partial charge >= 0.3 is 12.1 Å². The minimum Gasteiger partial charge on any atom is -0.458 e. The highest BCUT2D eigenvalue weighted by molar-refractivity contribution is 5.86. The summed E-state index contributed by atoms with van der Waals surface area (Å²) in [4.78, 5) is 28.3. The van der Waals surface area contributed by atoms with E-state index in [0.717, 1.165) is 22.0 Å². The Morgan fingerprint density at radius 3 is 2.45 bits per heavy atom. The molecule has 6 nitrogen and oxygen atoms in total. The lowest BCUT2D eigenvalue weighted by atomic mass is 10.0. The fraction of sp³-hybridized carbons (Fsp3) is 0.304. The van der Waals surface area contributed by atoms with Crippen LogP contribution in [0.3, 0.4) is 0 Å². The number of nitrogens with one attached hydrogen (secondary N) is 2. The summed E-state index contributed by atoms with van der Waals surface area (Å²) in [5.41, 5.74) is 2.09. The number of H-pyrrole nitrogens is 1. The number of benzene rings is 2. The highest BCUT2D eigenvalue weighted by Gasteiger charge is 2.28. The first-order chi connectivity index (χ1) is 13.8. The molecule has 1 atom stereocenters. The maximum absolute atomic E-state index is 12.7. The van der Waals surface area contributed by atoms with Crippen molar-refractivity contribution in [2.75, 3.05) is 0 Å². The number of ether oxygens (including phenoxy) is 2. The maximum atomic E-state index is 12.7. The molecule has 1 heterocycles. The SMILES string of the molecule is CC(C)(C)OC(=O)[C@H](Cc1c[nH]c2ccccc12)NC(=O)OCc1ccccc1. The number of hydrogen-bond donors (Lipinski definition) is 2. The third-order valence-corrected chi connectivity index (χ3v) is 4.30. The Kier molecular flexibility index (Phi) is 6.22. The lowest BCUT2D eigenvalue weighted by Crippen LogP contribution is -2.45. The summed E-state index contributed by atoms with van der Waals surface area (Å²) >= 11 is 0. The third-order valence-electron chi connectivity index (χ3n) is 4.30. The Balaban J connectivity index is 1.72. The van der Waals surface area contributed by atoms with Crippen molar-refractivity contribution in [3.63, 3.8) is 0 Å². The molecule has 2 N–H and O–H groups in total. The minimum atomic E-state index is -0.864. The first kappa shape index (κ1) is 20.5. The molecule has 1 amide bonds. The molecule has 152 valence electrons. The standard InChI is InChI=1S/C23H26N2O4/c1-23(2,3)29-21(26)20(13-17-14-24-19-12-8-7-11-18(17)19)25-22(27)28-15-16-9-5-4-6-10-16/h4-12,14,20,24H,13,15H2,1-3H3,(H,25,27)/t20-/m0/s1. The Morgan fingerprint density at radius 1 is 1.03 bits per heavy atom. The molecule has 0 saturated carbocycles. The van der Waals surface area contributed by atoms with Crippen molar-refractivity contribution in [3.8, 4) is 0 Å². The van der Waals surface area contributed by atoms with Gasteiger partial charge in [0.1, 0.15) is 18.2 Å². The molecule has 0 bridgehead atoms. The van der Waals surface area contributed by atoms with Gasteiger partial charge < -0.3 is 19.8 Å². The number of carbonyl (C=O) groups is 2. The van der Waals surface area contributed by atoms with E-state index >= 15 is 0 Å². The van der Waals surface area contributed by atoms with Gasteiger partial charge in [-0.1, -0.05) is 48.5 Å². The number of carbonyl (C=O) groups excluding carboxylic acids is 2. The average Bonchev–Trinajstić information content (AvgIpc) is 3.08. The zero-order chi connectivity index (χ0) is 20.9. The number of esters is 1. The fourth-order valence-corrected chi connectivity index (χ4v) is 2.99. The maximum Gasteiger partial charge on any atom is 0.408 e. The summed E-state index contributed by atoms with van der Waals surface area (Å²) in [6.07, 6.45) is 1.47. The number of fused-ring (bicyclic) bond motifs is 1. The number of aromatic nitrogens is 1. The van der Waals surface area contributed by atoms with Crippen LogP contribution in [0.1, 0.15) is 31.9 Å². The second kappa shape index (κ2) is 8.82. The summed E-state index contributed by atoms with van der Waals surface area (Å²) in [5.74, 6) is -0.501. The van der Waals surface area contributed by atoms with E-state index in [9.17, 15) is 9.59 Å². The van der Waals surface area contributed by atoms with Crippen molar-refractivity contribution in [2.24, 2.45) is 0 Å². The topological polar surface area (TPSA) is 80.4 Å². The Hall–Kier alpha value is -3.28. The van der Waals surface area contributed by atoms with E-state index in [4.69, 9.17) is 9.47 Å². The molecule has 0 spiro atoms. The van der Waals surface area contributed by atoms with Gasteiger partial charge in [-0.25, -0.2) is 9.59 Å². The summed E-state index contributed by atoms with van der Waals surface area (Å²) < 4.78 is 10.8. The molecule has 29 heavy (non-hydrogen) atoms. The van der Waals surface area contributed by atoms with Gasteiger partial charge in [0.25, 0.3) is 0 Å². The van der Waals surface area contributed by atoms with E-state index < -0.39 is 23.7 Å². The molecule has 1 aromatic heterocycles. The van der Waals surface area contributed by atoms with E-state index in [1.807, 2.05) is 60.8 Å². The predicted octanol–water partition coefficient (Wildman–Crippen LogP) is 4.35. The highest BCUT2D eigenvalue weighted by Crippen LogP contribution is 2.20. The molecule has 0 radical (unpaired) electrons. The van der Waals surface area contributed by atoms with Crippen molar-refractivity contribution < 1.29 is 19.1 Å². The van der Waals surface area contributed by atoms with Crippen LogP contribution in [-0.4, -0.2) is 28.7 Å². The van der Waals surface area contributed by atoms with Gasteiger partial charge in [-0.05, 0) is 38.0 Å². The number of aromatic amines is 1. The van der Waals surface area contributed by atoms with Crippen LogP contribution in [-0.2, 0) is 27.3 Å². The van der Waals surface area contributed by atoms with Crippen molar-refractivity contribution >= 4 is 23.0 Å². The van der Waals surface area contributed by atoms with Gasteiger partial charge in [0.05, 0.1) is 0 Å². The van der Waals surface area contributed by atoms with Gasteiger partial charge in [-0.2, -0.15) is 0 Å². The first-order valence-electron chi connectivity index (χ1n) is 9.57. The van der Waals surface area contributed by atoms with Crippen LogP contribution in [0.25, 0.3) is 10.9 Å². The lowest BCUT2D eigenvalue weighted by molar-refractivity contribution is -0.157. The molecular formula is C23H26N2O4. The molecule has 0 aliphatic rings. The van der Waals surface area contributed by atoms with Crippen LogP contribution in [0.2, 0.25) is 0 Å². The van der Waals surface area contributed by atoms with E-state index in [1.54, 1.807) is 20.8 Å². The van der Waals surface area contributed by atoms with E-state index in [1.165, 1.54) is 0 Å². The smallest absolute Gasteiger partial charge is 0.408 e. The van der Waals surface area contributed by atoms with Crippen molar-refractivity contribution in [1.82, 2.24) is 10.3 Å². The molecule has 2 aromatic carbocycles. The summed E-state index contributed by atoms with van der Waals surface area (Å²) in [6, 6.07) is 16.3. The molecule has 0 aliphatic carbocycles. The fourth-order valence-electron chi connectivity index (χ4n) is 2.99. The second-order valence-corrected chi connectivity index (χ2v) is 7.86. The normalized spacial score (nSPS) is 12.4. The predicted molar refractivity (Wildman–Crippen MR) is 111 cm³/mol. The van der Waals surface area contributed by atoms with Crippen LogP contribution in [0, 0.1) is 0 Å². The van der Waals surface area contributed by atoms with E-state index in [2.05, 4.69) is 10.3 Å².